The van der Waals surface area contributed by atoms with Crippen molar-refractivity contribution in [2.24, 2.45) is 0 Å². The average Bonchev–Trinajstić information content (AvgIpc) is 3.35. The first-order valence-corrected chi connectivity index (χ1v) is 10.5. The number of ether oxygens (including phenoxy) is 3. The number of methoxy groups -OCH3 is 1. The molecule has 0 aliphatic rings. The minimum atomic E-state index is -0.616. The number of nitrogens with one attached hydrogen (secondary N) is 1. The Labute approximate surface area is 198 Å². The number of amides is 1. The molecule has 0 aliphatic heterocycles. The fraction of sp³-hybridized carbons (Fsp3) is 0.125. The van der Waals surface area contributed by atoms with Crippen LogP contribution in [0.4, 0.5) is 0 Å². The quantitative estimate of drug-likeness (QED) is 0.198. The lowest BCUT2D eigenvalue weighted by atomic mass is 10.1. The molecule has 168 valence electrons. The van der Waals surface area contributed by atoms with E-state index in [-0.39, 0.29) is 30.2 Å². The van der Waals surface area contributed by atoms with Crippen molar-refractivity contribution >= 4 is 33.9 Å². The molecule has 3 rings (SSSR count). The van der Waals surface area contributed by atoms with Crippen LogP contribution in [0.5, 0.6) is 17.2 Å². The van der Waals surface area contributed by atoms with Gasteiger partial charge in [0.05, 0.1) is 19.9 Å². The van der Waals surface area contributed by atoms with Gasteiger partial charge < -0.3 is 23.9 Å². The van der Waals surface area contributed by atoms with E-state index in [0.29, 0.717) is 17.1 Å². The predicted molar refractivity (Wildman–Crippen MR) is 122 cm³/mol. The van der Waals surface area contributed by atoms with Crippen LogP contribution in [-0.4, -0.2) is 25.6 Å². The van der Waals surface area contributed by atoms with E-state index in [9.17, 15) is 14.9 Å². The number of nitriles is 1. The smallest absolute Gasteiger partial charge is 0.349 e. The molecule has 0 unspecified atom stereocenters. The SMILES string of the molecule is COc1cc(/C=C(\C#N)C(=O)NCc2ccco2)ccc1OC(=O)COc1ccc(Br)cc1. The maximum absolute atomic E-state index is 12.3. The zero-order valence-electron chi connectivity index (χ0n) is 17.5. The molecule has 1 amide bonds. The van der Waals surface area contributed by atoms with Gasteiger partial charge in [-0.1, -0.05) is 22.0 Å². The molecule has 0 saturated carbocycles. The van der Waals surface area contributed by atoms with E-state index in [1.165, 1.54) is 25.5 Å². The summed E-state index contributed by atoms with van der Waals surface area (Å²) in [7, 11) is 1.42. The van der Waals surface area contributed by atoms with Crippen LogP contribution in [0.2, 0.25) is 0 Å². The van der Waals surface area contributed by atoms with Crippen LogP contribution >= 0.6 is 15.9 Å². The number of halogens is 1. The van der Waals surface area contributed by atoms with Gasteiger partial charge in [0.15, 0.2) is 18.1 Å². The van der Waals surface area contributed by atoms with Crippen molar-refractivity contribution in [2.75, 3.05) is 13.7 Å². The zero-order chi connectivity index (χ0) is 23.6. The van der Waals surface area contributed by atoms with Gasteiger partial charge in [0, 0.05) is 4.47 Å². The number of esters is 1. The van der Waals surface area contributed by atoms with E-state index in [1.54, 1.807) is 48.5 Å². The second-order valence-corrected chi connectivity index (χ2v) is 7.47. The van der Waals surface area contributed by atoms with Gasteiger partial charge in [-0.25, -0.2) is 4.79 Å². The summed E-state index contributed by atoms with van der Waals surface area (Å²) in [4.78, 5) is 24.4. The summed E-state index contributed by atoms with van der Waals surface area (Å²) in [6, 6.07) is 17.0. The Morgan fingerprint density at radius 2 is 1.94 bits per heavy atom. The number of hydrogen-bond donors (Lipinski definition) is 1. The summed E-state index contributed by atoms with van der Waals surface area (Å²) in [5.41, 5.74) is 0.415. The minimum absolute atomic E-state index is 0.101. The summed E-state index contributed by atoms with van der Waals surface area (Å²) >= 11 is 3.33. The monoisotopic (exact) mass is 510 g/mol. The van der Waals surface area contributed by atoms with Gasteiger partial charge in [-0.2, -0.15) is 5.26 Å². The van der Waals surface area contributed by atoms with Crippen molar-refractivity contribution in [3.05, 3.63) is 82.2 Å². The van der Waals surface area contributed by atoms with Crippen LogP contribution in [0.3, 0.4) is 0 Å². The van der Waals surface area contributed by atoms with Crippen molar-refractivity contribution in [1.29, 1.82) is 5.26 Å². The second kappa shape index (κ2) is 11.5. The van der Waals surface area contributed by atoms with Gasteiger partial charge in [0.2, 0.25) is 0 Å². The van der Waals surface area contributed by atoms with Crippen LogP contribution in [-0.2, 0) is 16.1 Å². The summed E-state index contributed by atoms with van der Waals surface area (Å²) in [5, 5.41) is 12.0. The molecule has 8 nitrogen and oxygen atoms in total. The first kappa shape index (κ1) is 23.6. The lowest BCUT2D eigenvalue weighted by Gasteiger charge is -2.11. The third-order valence-electron chi connectivity index (χ3n) is 4.26. The number of furan rings is 1. The molecule has 1 N–H and O–H groups in total. The maximum atomic E-state index is 12.3. The Morgan fingerprint density at radius 3 is 2.61 bits per heavy atom. The molecule has 0 atom stereocenters. The lowest BCUT2D eigenvalue weighted by molar-refractivity contribution is -0.136. The van der Waals surface area contributed by atoms with Crippen LogP contribution in [0.25, 0.3) is 6.08 Å². The highest BCUT2D eigenvalue weighted by molar-refractivity contribution is 9.10. The van der Waals surface area contributed by atoms with Gasteiger partial charge in [-0.3, -0.25) is 4.79 Å². The number of rotatable bonds is 9. The largest absolute Gasteiger partial charge is 0.493 e. The second-order valence-electron chi connectivity index (χ2n) is 6.56. The van der Waals surface area contributed by atoms with Gasteiger partial charge >= 0.3 is 5.97 Å². The first-order valence-electron chi connectivity index (χ1n) is 9.68. The summed E-state index contributed by atoms with van der Waals surface area (Å²) < 4.78 is 22.1. The highest BCUT2D eigenvalue weighted by atomic mass is 79.9. The number of carbonyl (C=O) groups is 2. The third kappa shape index (κ3) is 6.98. The standard InChI is InChI=1S/C24H19BrN2O6/c1-30-22-12-16(11-17(13-26)24(29)27-14-20-3-2-10-31-20)4-9-21(22)33-23(28)15-32-19-7-5-18(25)6-8-19/h2-12H,14-15H2,1H3,(H,27,29)/b17-11+. The molecular weight excluding hydrogens is 492 g/mol. The fourth-order valence-electron chi connectivity index (χ4n) is 2.67. The van der Waals surface area contributed by atoms with E-state index in [1.807, 2.05) is 6.07 Å². The van der Waals surface area contributed by atoms with Crippen LogP contribution in [0, 0.1) is 11.3 Å². The van der Waals surface area contributed by atoms with Crippen molar-refractivity contribution in [2.45, 2.75) is 6.54 Å². The van der Waals surface area contributed by atoms with E-state index in [2.05, 4.69) is 21.2 Å². The van der Waals surface area contributed by atoms with E-state index >= 15 is 0 Å². The first-order chi connectivity index (χ1) is 16.0. The third-order valence-corrected chi connectivity index (χ3v) is 4.79. The molecule has 0 spiro atoms. The summed E-state index contributed by atoms with van der Waals surface area (Å²) in [5.74, 6) is 0.367. The van der Waals surface area contributed by atoms with Crippen LogP contribution < -0.4 is 19.5 Å². The Kier molecular flexibility index (Phi) is 8.27. The van der Waals surface area contributed by atoms with Gasteiger partial charge in [0.1, 0.15) is 23.2 Å². The lowest BCUT2D eigenvalue weighted by Crippen LogP contribution is -2.23. The highest BCUT2D eigenvalue weighted by Gasteiger charge is 2.14. The molecule has 1 aromatic heterocycles. The molecule has 2 aromatic carbocycles. The normalized spacial score (nSPS) is 10.8. The minimum Gasteiger partial charge on any atom is -0.493 e. The zero-order valence-corrected chi connectivity index (χ0v) is 19.1. The Morgan fingerprint density at radius 1 is 1.15 bits per heavy atom. The molecule has 0 radical (unpaired) electrons. The van der Waals surface area contributed by atoms with E-state index in [0.717, 1.165) is 4.47 Å². The molecule has 0 saturated heterocycles. The number of nitrogens with zero attached hydrogens (tertiary/aromatic N) is 1. The van der Waals surface area contributed by atoms with E-state index in [4.69, 9.17) is 18.6 Å². The summed E-state index contributed by atoms with van der Waals surface area (Å²) in [6.07, 6.45) is 2.90. The van der Waals surface area contributed by atoms with E-state index < -0.39 is 11.9 Å². The van der Waals surface area contributed by atoms with Crippen molar-refractivity contribution < 1.29 is 28.2 Å². The van der Waals surface area contributed by atoms with Crippen molar-refractivity contribution in [3.8, 4) is 23.3 Å². The fourth-order valence-corrected chi connectivity index (χ4v) is 2.94. The number of benzene rings is 2. The Balaban J connectivity index is 1.63. The molecule has 1 heterocycles. The Bertz CT molecular complexity index is 1180. The molecular formula is C24H19BrN2O6. The Hall–Kier alpha value is -4.03. The molecule has 0 fully saturated rings. The van der Waals surface area contributed by atoms with Crippen LogP contribution in [0.15, 0.2) is 75.3 Å². The van der Waals surface area contributed by atoms with Crippen LogP contribution in [0.1, 0.15) is 11.3 Å². The van der Waals surface area contributed by atoms with Crippen molar-refractivity contribution in [1.82, 2.24) is 5.32 Å². The summed E-state index contributed by atoms with van der Waals surface area (Å²) in [6.45, 7) is -0.133. The average molecular weight is 511 g/mol. The molecule has 3 aromatic rings. The van der Waals surface area contributed by atoms with Gasteiger partial charge in [-0.05, 0) is 60.2 Å². The number of hydrogen-bond acceptors (Lipinski definition) is 7. The van der Waals surface area contributed by atoms with Crippen molar-refractivity contribution in [3.63, 3.8) is 0 Å². The highest BCUT2D eigenvalue weighted by Crippen LogP contribution is 2.29. The topological polar surface area (TPSA) is 111 Å². The number of carbonyl (C=O) groups excluding carboxylic acids is 2. The molecule has 0 aliphatic carbocycles. The molecule has 33 heavy (non-hydrogen) atoms. The molecule has 9 heteroatoms. The predicted octanol–water partition coefficient (Wildman–Crippen LogP) is 4.26. The van der Waals surface area contributed by atoms with Gasteiger partial charge in [-0.15, -0.1) is 0 Å². The maximum Gasteiger partial charge on any atom is 0.349 e. The molecule has 0 bridgehead atoms. The van der Waals surface area contributed by atoms with Gasteiger partial charge in [0.25, 0.3) is 5.91 Å².